The molecule has 0 fully saturated rings. The standard InChI is InChI=1S/C9H19NO2S/c1-8(7-13-3)10(2)6-4-5-9(11)12/h8H,4-7H2,1-3H3,(H,11,12). The Labute approximate surface area is 84.5 Å². The van der Waals surface area contributed by atoms with Crippen LogP contribution in [0.1, 0.15) is 19.8 Å². The highest BCUT2D eigenvalue weighted by molar-refractivity contribution is 7.98. The molecular formula is C9H19NO2S. The number of carboxylic acid groups (broad SMARTS) is 1. The number of hydrogen-bond acceptors (Lipinski definition) is 3. The van der Waals surface area contributed by atoms with Gasteiger partial charge in [0.15, 0.2) is 0 Å². The van der Waals surface area contributed by atoms with Crippen molar-refractivity contribution in [2.45, 2.75) is 25.8 Å². The van der Waals surface area contributed by atoms with Gasteiger partial charge in [-0.15, -0.1) is 0 Å². The van der Waals surface area contributed by atoms with Crippen LogP contribution in [0.15, 0.2) is 0 Å². The second kappa shape index (κ2) is 7.21. The van der Waals surface area contributed by atoms with E-state index in [1.807, 2.05) is 18.8 Å². The van der Waals surface area contributed by atoms with Gasteiger partial charge in [-0.2, -0.15) is 11.8 Å². The lowest BCUT2D eigenvalue weighted by molar-refractivity contribution is -0.137. The molecule has 0 aromatic carbocycles. The maximum absolute atomic E-state index is 10.3. The largest absolute Gasteiger partial charge is 0.481 e. The lowest BCUT2D eigenvalue weighted by Crippen LogP contribution is -2.32. The zero-order valence-electron chi connectivity index (χ0n) is 8.62. The first-order valence-corrected chi connectivity index (χ1v) is 5.88. The molecular weight excluding hydrogens is 186 g/mol. The average Bonchev–Trinajstić information content (AvgIpc) is 2.04. The number of rotatable bonds is 7. The third kappa shape index (κ3) is 6.90. The van der Waals surface area contributed by atoms with Crippen molar-refractivity contribution in [2.24, 2.45) is 0 Å². The second-order valence-corrected chi connectivity index (χ2v) is 4.19. The average molecular weight is 205 g/mol. The fourth-order valence-corrected chi connectivity index (χ4v) is 1.81. The Morgan fingerprint density at radius 1 is 1.62 bits per heavy atom. The molecule has 13 heavy (non-hydrogen) atoms. The summed E-state index contributed by atoms with van der Waals surface area (Å²) < 4.78 is 0. The first-order chi connectivity index (χ1) is 6.07. The van der Waals surface area contributed by atoms with Gasteiger partial charge < -0.3 is 10.0 Å². The van der Waals surface area contributed by atoms with Gasteiger partial charge in [0.05, 0.1) is 0 Å². The lowest BCUT2D eigenvalue weighted by atomic mass is 10.2. The normalized spacial score (nSPS) is 13.2. The first kappa shape index (κ1) is 12.8. The Morgan fingerprint density at radius 2 is 2.23 bits per heavy atom. The number of carboxylic acids is 1. The fraction of sp³-hybridized carbons (Fsp3) is 0.889. The first-order valence-electron chi connectivity index (χ1n) is 4.49. The number of nitrogens with zero attached hydrogens (tertiary/aromatic N) is 1. The van der Waals surface area contributed by atoms with Crippen LogP contribution >= 0.6 is 11.8 Å². The molecule has 1 atom stereocenters. The minimum atomic E-state index is -0.703. The van der Waals surface area contributed by atoms with Gasteiger partial charge in [-0.1, -0.05) is 0 Å². The molecule has 0 aliphatic rings. The van der Waals surface area contributed by atoms with Crippen LogP contribution in [0.2, 0.25) is 0 Å². The van der Waals surface area contributed by atoms with E-state index in [9.17, 15) is 4.79 Å². The van der Waals surface area contributed by atoms with Crippen molar-refractivity contribution in [3.05, 3.63) is 0 Å². The van der Waals surface area contributed by atoms with Crippen LogP contribution in [0, 0.1) is 0 Å². The van der Waals surface area contributed by atoms with Crippen LogP contribution < -0.4 is 0 Å². The Balaban J connectivity index is 3.49. The van der Waals surface area contributed by atoms with Crippen molar-refractivity contribution in [1.29, 1.82) is 0 Å². The summed E-state index contributed by atoms with van der Waals surface area (Å²) in [5.41, 5.74) is 0. The minimum absolute atomic E-state index is 0.274. The van der Waals surface area contributed by atoms with Gasteiger partial charge in [-0.3, -0.25) is 4.79 Å². The third-order valence-corrected chi connectivity index (χ3v) is 2.88. The molecule has 0 radical (unpaired) electrons. The van der Waals surface area contributed by atoms with Crippen LogP contribution in [0.3, 0.4) is 0 Å². The van der Waals surface area contributed by atoms with Crippen LogP contribution in [-0.2, 0) is 4.79 Å². The molecule has 1 N–H and O–H groups in total. The predicted octanol–water partition coefficient (Wildman–Crippen LogP) is 1.53. The molecule has 0 amide bonds. The quantitative estimate of drug-likeness (QED) is 0.684. The topological polar surface area (TPSA) is 40.5 Å². The summed E-state index contributed by atoms with van der Waals surface area (Å²) in [5, 5.41) is 8.45. The third-order valence-electron chi connectivity index (χ3n) is 2.06. The van der Waals surface area contributed by atoms with Crippen molar-refractivity contribution in [3.8, 4) is 0 Å². The fourth-order valence-electron chi connectivity index (χ4n) is 1.07. The lowest BCUT2D eigenvalue weighted by Gasteiger charge is -2.23. The zero-order chi connectivity index (χ0) is 10.3. The highest BCUT2D eigenvalue weighted by atomic mass is 32.2. The van der Waals surface area contributed by atoms with E-state index in [0.717, 1.165) is 18.7 Å². The van der Waals surface area contributed by atoms with E-state index in [4.69, 9.17) is 5.11 Å². The van der Waals surface area contributed by atoms with E-state index in [0.29, 0.717) is 6.04 Å². The Bertz CT molecular complexity index is 153. The molecule has 0 saturated carbocycles. The number of carbonyl (C=O) groups is 1. The SMILES string of the molecule is CSCC(C)N(C)CCCC(=O)O. The van der Waals surface area contributed by atoms with Gasteiger partial charge in [0.2, 0.25) is 0 Å². The predicted molar refractivity (Wildman–Crippen MR) is 57.3 cm³/mol. The van der Waals surface area contributed by atoms with Gasteiger partial charge in [0, 0.05) is 18.2 Å². The maximum Gasteiger partial charge on any atom is 0.303 e. The summed E-state index contributed by atoms with van der Waals surface area (Å²) in [6.45, 7) is 3.03. The summed E-state index contributed by atoms with van der Waals surface area (Å²) in [6.07, 6.45) is 3.10. The second-order valence-electron chi connectivity index (χ2n) is 3.28. The number of hydrogen-bond donors (Lipinski definition) is 1. The molecule has 0 aliphatic carbocycles. The van der Waals surface area contributed by atoms with E-state index in [2.05, 4.69) is 18.1 Å². The van der Waals surface area contributed by atoms with Crippen LogP contribution in [0.4, 0.5) is 0 Å². The van der Waals surface area contributed by atoms with E-state index in [-0.39, 0.29) is 6.42 Å². The number of thioether (sulfide) groups is 1. The van der Waals surface area contributed by atoms with Crippen molar-refractivity contribution < 1.29 is 9.90 Å². The molecule has 4 heteroatoms. The van der Waals surface area contributed by atoms with E-state index < -0.39 is 5.97 Å². The highest BCUT2D eigenvalue weighted by Gasteiger charge is 2.08. The van der Waals surface area contributed by atoms with Gasteiger partial charge in [-0.25, -0.2) is 0 Å². The van der Waals surface area contributed by atoms with E-state index >= 15 is 0 Å². The Morgan fingerprint density at radius 3 is 2.69 bits per heavy atom. The van der Waals surface area contributed by atoms with Crippen LogP contribution in [0.25, 0.3) is 0 Å². The maximum atomic E-state index is 10.3. The van der Waals surface area contributed by atoms with Crippen molar-refractivity contribution in [1.82, 2.24) is 4.90 Å². The Kier molecular flexibility index (Phi) is 7.09. The van der Waals surface area contributed by atoms with Gasteiger partial charge in [0.1, 0.15) is 0 Å². The smallest absolute Gasteiger partial charge is 0.303 e. The summed E-state index contributed by atoms with van der Waals surface area (Å²) in [5.74, 6) is 0.398. The monoisotopic (exact) mass is 205 g/mol. The molecule has 0 aromatic heterocycles. The van der Waals surface area contributed by atoms with Gasteiger partial charge >= 0.3 is 5.97 Å². The molecule has 0 aliphatic heterocycles. The summed E-state index contributed by atoms with van der Waals surface area (Å²) in [7, 11) is 2.04. The number of aliphatic carboxylic acids is 1. The molecule has 0 spiro atoms. The molecule has 0 bridgehead atoms. The molecule has 0 heterocycles. The van der Waals surface area contributed by atoms with Crippen molar-refractivity contribution in [2.75, 3.05) is 25.6 Å². The molecule has 1 unspecified atom stereocenters. The Hall–Kier alpha value is -0.220. The van der Waals surface area contributed by atoms with Crippen molar-refractivity contribution in [3.63, 3.8) is 0 Å². The van der Waals surface area contributed by atoms with Gasteiger partial charge in [-0.05, 0) is 33.2 Å². The van der Waals surface area contributed by atoms with Crippen LogP contribution in [-0.4, -0.2) is 47.6 Å². The molecule has 78 valence electrons. The molecule has 0 saturated heterocycles. The minimum Gasteiger partial charge on any atom is -0.481 e. The van der Waals surface area contributed by atoms with E-state index in [1.54, 1.807) is 0 Å². The molecule has 0 rings (SSSR count). The highest BCUT2D eigenvalue weighted by Crippen LogP contribution is 2.04. The molecule has 3 nitrogen and oxygen atoms in total. The summed E-state index contributed by atoms with van der Waals surface area (Å²) in [6, 6.07) is 0.531. The van der Waals surface area contributed by atoms with E-state index in [1.165, 1.54) is 0 Å². The summed E-state index contributed by atoms with van der Waals surface area (Å²) >= 11 is 1.82. The molecule has 0 aromatic rings. The zero-order valence-corrected chi connectivity index (χ0v) is 9.43. The van der Waals surface area contributed by atoms with Crippen LogP contribution in [0.5, 0.6) is 0 Å². The van der Waals surface area contributed by atoms with Gasteiger partial charge in [0.25, 0.3) is 0 Å². The summed E-state index contributed by atoms with van der Waals surface area (Å²) in [4.78, 5) is 12.5. The van der Waals surface area contributed by atoms with Crippen molar-refractivity contribution >= 4 is 17.7 Å².